The lowest BCUT2D eigenvalue weighted by Crippen LogP contribution is -1.86. The summed E-state index contributed by atoms with van der Waals surface area (Å²) in [7, 11) is 1.91. The Kier molecular flexibility index (Phi) is 1.81. The van der Waals surface area contributed by atoms with E-state index < -0.39 is 0 Å². The summed E-state index contributed by atoms with van der Waals surface area (Å²) in [6.45, 7) is 5.74. The molecule has 1 aromatic rings. The molecule has 2 N–H and O–H groups in total. The van der Waals surface area contributed by atoms with E-state index in [2.05, 4.69) is 23.8 Å². The molecule has 0 spiro atoms. The van der Waals surface area contributed by atoms with Gasteiger partial charge in [-0.15, -0.1) is 0 Å². The lowest BCUT2D eigenvalue weighted by atomic mass is 10.2. The second-order valence-corrected chi connectivity index (χ2v) is 2.20. The van der Waals surface area contributed by atoms with E-state index in [-0.39, 0.29) is 0 Å². The van der Waals surface area contributed by atoms with Crippen LogP contribution in [0.4, 0.5) is 5.69 Å². The van der Waals surface area contributed by atoms with Crippen LogP contribution in [0.5, 0.6) is 0 Å². The van der Waals surface area contributed by atoms with Crippen LogP contribution in [-0.4, -0.2) is 12.0 Å². The van der Waals surface area contributed by atoms with Crippen LogP contribution in [0.2, 0.25) is 0 Å². The minimum Gasteiger partial charge on any atom is -0.387 e. The molecule has 0 saturated heterocycles. The van der Waals surface area contributed by atoms with Gasteiger partial charge in [-0.25, -0.2) is 0 Å². The van der Waals surface area contributed by atoms with E-state index >= 15 is 0 Å². The summed E-state index contributed by atoms with van der Waals surface area (Å²) in [5.74, 6) is 0. The van der Waals surface area contributed by atoms with Crippen LogP contribution in [0.25, 0.3) is 6.08 Å². The molecule has 2 nitrogen and oxygen atoms in total. The van der Waals surface area contributed by atoms with Crippen molar-refractivity contribution >= 4 is 11.8 Å². The third-order valence-corrected chi connectivity index (χ3v) is 1.65. The van der Waals surface area contributed by atoms with Gasteiger partial charge < -0.3 is 10.3 Å². The summed E-state index contributed by atoms with van der Waals surface area (Å²) in [5, 5.41) is 3.07. The van der Waals surface area contributed by atoms with Crippen molar-refractivity contribution < 1.29 is 0 Å². The lowest BCUT2D eigenvalue weighted by molar-refractivity contribution is 1.35. The molecule has 0 radical (unpaired) electrons. The Balaban J connectivity index is 3.08. The summed E-state index contributed by atoms with van der Waals surface area (Å²) >= 11 is 0. The maximum absolute atomic E-state index is 3.68. The maximum atomic E-state index is 3.68. The van der Waals surface area contributed by atoms with E-state index in [0.717, 1.165) is 11.4 Å². The van der Waals surface area contributed by atoms with Crippen LogP contribution in [0, 0.1) is 6.92 Å². The number of aromatic amines is 1. The largest absolute Gasteiger partial charge is 0.387 e. The highest BCUT2D eigenvalue weighted by molar-refractivity contribution is 5.60. The Morgan fingerprint density at radius 3 is 2.70 bits per heavy atom. The average molecular weight is 136 g/mol. The van der Waals surface area contributed by atoms with Crippen molar-refractivity contribution in [2.45, 2.75) is 6.92 Å². The second kappa shape index (κ2) is 2.60. The molecule has 1 aromatic heterocycles. The monoisotopic (exact) mass is 136 g/mol. The molecule has 0 aliphatic rings. The number of rotatable bonds is 2. The van der Waals surface area contributed by atoms with Crippen molar-refractivity contribution in [2.24, 2.45) is 0 Å². The van der Waals surface area contributed by atoms with Crippen molar-refractivity contribution in [1.82, 2.24) is 4.98 Å². The molecule has 0 atom stereocenters. The van der Waals surface area contributed by atoms with E-state index in [1.165, 1.54) is 5.56 Å². The fourth-order valence-corrected chi connectivity index (χ4v) is 0.983. The molecule has 0 aliphatic carbocycles. The number of nitrogens with one attached hydrogen (secondary N) is 2. The molecule has 0 bridgehead atoms. The van der Waals surface area contributed by atoms with E-state index in [1.54, 1.807) is 0 Å². The van der Waals surface area contributed by atoms with Crippen LogP contribution in [0.1, 0.15) is 11.3 Å². The first kappa shape index (κ1) is 6.93. The zero-order valence-corrected chi connectivity index (χ0v) is 6.36. The minimum absolute atomic E-state index is 1.09. The van der Waals surface area contributed by atoms with Crippen LogP contribution >= 0.6 is 0 Å². The predicted molar refractivity (Wildman–Crippen MR) is 45.2 cm³/mol. The quantitative estimate of drug-likeness (QED) is 0.639. The second-order valence-electron chi connectivity index (χ2n) is 2.20. The molecule has 1 heterocycles. The van der Waals surface area contributed by atoms with Gasteiger partial charge in [-0.05, 0) is 18.6 Å². The van der Waals surface area contributed by atoms with Crippen molar-refractivity contribution in [3.63, 3.8) is 0 Å². The maximum Gasteiger partial charge on any atom is 0.0551 e. The predicted octanol–water partition coefficient (Wildman–Crippen LogP) is 2.01. The van der Waals surface area contributed by atoms with Gasteiger partial charge in [0, 0.05) is 18.9 Å². The van der Waals surface area contributed by atoms with Crippen LogP contribution in [0.3, 0.4) is 0 Å². The van der Waals surface area contributed by atoms with Crippen molar-refractivity contribution in [1.29, 1.82) is 0 Å². The molecule has 1 rings (SSSR count). The summed E-state index contributed by atoms with van der Waals surface area (Å²) < 4.78 is 0. The SMILES string of the molecule is C=Cc1[nH]cc(NC)c1C. The third-order valence-electron chi connectivity index (χ3n) is 1.65. The number of anilines is 1. The molecular weight excluding hydrogens is 124 g/mol. The topological polar surface area (TPSA) is 27.8 Å². The number of hydrogen-bond donors (Lipinski definition) is 2. The van der Waals surface area contributed by atoms with Crippen LogP contribution in [0.15, 0.2) is 12.8 Å². The van der Waals surface area contributed by atoms with E-state index in [1.807, 2.05) is 19.3 Å². The van der Waals surface area contributed by atoms with Gasteiger partial charge in [-0.1, -0.05) is 6.58 Å². The van der Waals surface area contributed by atoms with Gasteiger partial charge >= 0.3 is 0 Å². The van der Waals surface area contributed by atoms with Crippen molar-refractivity contribution in [3.8, 4) is 0 Å². The molecule has 54 valence electrons. The highest BCUT2D eigenvalue weighted by Crippen LogP contribution is 2.17. The summed E-state index contributed by atoms with van der Waals surface area (Å²) in [5.41, 5.74) is 3.44. The van der Waals surface area contributed by atoms with Crippen molar-refractivity contribution in [2.75, 3.05) is 12.4 Å². The normalized spacial score (nSPS) is 9.40. The van der Waals surface area contributed by atoms with Gasteiger partial charge in [-0.2, -0.15) is 0 Å². The number of H-pyrrole nitrogens is 1. The van der Waals surface area contributed by atoms with E-state index in [0.29, 0.717) is 0 Å². The van der Waals surface area contributed by atoms with Gasteiger partial charge in [0.1, 0.15) is 0 Å². The minimum atomic E-state index is 1.09. The molecule has 2 heteroatoms. The van der Waals surface area contributed by atoms with Gasteiger partial charge in [0.25, 0.3) is 0 Å². The van der Waals surface area contributed by atoms with E-state index in [9.17, 15) is 0 Å². The summed E-state index contributed by atoms with van der Waals surface area (Å²) in [6.07, 6.45) is 3.75. The summed E-state index contributed by atoms with van der Waals surface area (Å²) in [4.78, 5) is 3.09. The first-order chi connectivity index (χ1) is 4.79. The third kappa shape index (κ3) is 0.923. The summed E-state index contributed by atoms with van der Waals surface area (Å²) in [6, 6.07) is 0. The Hall–Kier alpha value is -1.18. The van der Waals surface area contributed by atoms with Crippen LogP contribution in [-0.2, 0) is 0 Å². The number of hydrogen-bond acceptors (Lipinski definition) is 1. The fraction of sp³-hybridized carbons (Fsp3) is 0.250. The Morgan fingerprint density at radius 1 is 1.70 bits per heavy atom. The molecular formula is C8H12N2. The van der Waals surface area contributed by atoms with Gasteiger partial charge in [0.2, 0.25) is 0 Å². The molecule has 0 aliphatic heterocycles. The van der Waals surface area contributed by atoms with Crippen molar-refractivity contribution in [3.05, 3.63) is 24.0 Å². The zero-order valence-electron chi connectivity index (χ0n) is 6.36. The van der Waals surface area contributed by atoms with E-state index in [4.69, 9.17) is 0 Å². The molecule has 0 fully saturated rings. The van der Waals surface area contributed by atoms with Gasteiger partial charge in [-0.3, -0.25) is 0 Å². The molecule has 10 heavy (non-hydrogen) atoms. The first-order valence-electron chi connectivity index (χ1n) is 3.27. The van der Waals surface area contributed by atoms with Crippen LogP contribution < -0.4 is 5.32 Å². The highest BCUT2D eigenvalue weighted by atomic mass is 14.9. The standard InChI is InChI=1S/C8H12N2/c1-4-7-6(2)8(9-3)5-10-7/h4-5,9-10H,1H2,2-3H3. The zero-order chi connectivity index (χ0) is 7.56. The Labute approximate surface area is 61.0 Å². The first-order valence-corrected chi connectivity index (χ1v) is 3.27. The molecule has 0 unspecified atom stereocenters. The Bertz CT molecular complexity index is 235. The Morgan fingerprint density at radius 2 is 2.40 bits per heavy atom. The molecule has 0 amide bonds. The smallest absolute Gasteiger partial charge is 0.0551 e. The molecule has 0 aromatic carbocycles. The molecule has 0 saturated carbocycles. The number of aromatic nitrogens is 1. The lowest BCUT2D eigenvalue weighted by Gasteiger charge is -1.95. The van der Waals surface area contributed by atoms with Gasteiger partial charge in [0.15, 0.2) is 0 Å². The average Bonchev–Trinajstić information content (AvgIpc) is 2.30. The fourth-order valence-electron chi connectivity index (χ4n) is 0.983. The highest BCUT2D eigenvalue weighted by Gasteiger charge is 1.99. The van der Waals surface area contributed by atoms with Gasteiger partial charge in [0.05, 0.1) is 5.69 Å².